The Morgan fingerprint density at radius 3 is 2.11 bits per heavy atom. The molecule has 0 fully saturated rings. The Hall–Kier alpha value is -1.10. The third kappa shape index (κ3) is 8.98. The fourth-order valence-corrected chi connectivity index (χ4v) is 1.27. The molecule has 0 bridgehead atoms. The highest BCUT2D eigenvalue weighted by Gasteiger charge is 2.15. The third-order valence-corrected chi connectivity index (χ3v) is 2.40. The van der Waals surface area contributed by atoms with E-state index in [9.17, 15) is 9.59 Å². The zero-order chi connectivity index (χ0) is 13.8. The minimum absolute atomic E-state index is 0.0725. The van der Waals surface area contributed by atoms with E-state index in [0.29, 0.717) is 12.8 Å². The lowest BCUT2D eigenvalue weighted by Gasteiger charge is -2.15. The lowest BCUT2D eigenvalue weighted by atomic mass is 10.2. The first-order valence-corrected chi connectivity index (χ1v) is 6.59. The van der Waals surface area contributed by atoms with E-state index < -0.39 is 6.10 Å². The second kappa shape index (κ2) is 11.0. The van der Waals surface area contributed by atoms with Crippen LogP contribution in [-0.4, -0.2) is 36.4 Å². The number of esters is 2. The molecule has 0 unspecified atom stereocenters. The normalized spacial score (nSPS) is 11.9. The molecule has 0 aromatic rings. The summed E-state index contributed by atoms with van der Waals surface area (Å²) in [5.41, 5.74) is 0. The van der Waals surface area contributed by atoms with Crippen LogP contribution in [0.3, 0.4) is 0 Å². The van der Waals surface area contributed by atoms with Crippen LogP contribution in [0.15, 0.2) is 0 Å². The topological polar surface area (TPSA) is 72.8 Å². The van der Waals surface area contributed by atoms with Crippen LogP contribution in [-0.2, 0) is 19.1 Å². The number of hydrogen-bond acceptors (Lipinski definition) is 5. The summed E-state index contributed by atoms with van der Waals surface area (Å²) in [5.74, 6) is -0.680. The number of unbranched alkanes of at least 4 members (excludes halogenated alkanes) is 2. The molecule has 0 aliphatic heterocycles. The smallest absolute Gasteiger partial charge is 0.306 e. The monoisotopic (exact) mass is 260 g/mol. The lowest BCUT2D eigenvalue weighted by Crippen LogP contribution is -2.28. The molecule has 18 heavy (non-hydrogen) atoms. The molecule has 0 heterocycles. The van der Waals surface area contributed by atoms with Crippen molar-refractivity contribution in [2.45, 2.75) is 58.5 Å². The maximum Gasteiger partial charge on any atom is 0.306 e. The number of aliphatic hydroxyl groups excluding tert-OH is 1. The van der Waals surface area contributed by atoms with Crippen LogP contribution in [0.5, 0.6) is 0 Å². The summed E-state index contributed by atoms with van der Waals surface area (Å²) >= 11 is 0. The van der Waals surface area contributed by atoms with Crippen LogP contribution in [0.1, 0.15) is 52.4 Å². The van der Waals surface area contributed by atoms with Gasteiger partial charge in [-0.05, 0) is 12.8 Å². The largest absolute Gasteiger partial charge is 0.462 e. The summed E-state index contributed by atoms with van der Waals surface area (Å²) < 4.78 is 9.92. The van der Waals surface area contributed by atoms with E-state index in [1.54, 1.807) is 0 Å². The molecule has 0 aromatic carbocycles. The zero-order valence-electron chi connectivity index (χ0n) is 11.3. The minimum Gasteiger partial charge on any atom is -0.462 e. The summed E-state index contributed by atoms with van der Waals surface area (Å²) in [4.78, 5) is 22.5. The van der Waals surface area contributed by atoms with E-state index in [2.05, 4.69) is 0 Å². The van der Waals surface area contributed by atoms with Crippen molar-refractivity contribution in [2.24, 2.45) is 0 Å². The highest BCUT2D eigenvalue weighted by atomic mass is 16.6. The molecule has 0 saturated heterocycles. The second-order valence-electron chi connectivity index (χ2n) is 4.18. The molecule has 5 heteroatoms. The summed E-state index contributed by atoms with van der Waals surface area (Å²) in [6, 6.07) is 0. The van der Waals surface area contributed by atoms with Gasteiger partial charge in [-0.3, -0.25) is 9.59 Å². The average molecular weight is 260 g/mol. The molecule has 0 amide bonds. The standard InChI is InChI=1S/C13H24O5/c1-3-5-7-12(15)17-10-11(9-14)18-13(16)8-6-4-2/h11,14H,3-10H2,1-2H3/t11-/m0/s1. The number of carbonyl (C=O) groups excluding carboxylic acids is 2. The van der Waals surface area contributed by atoms with Gasteiger partial charge in [0.15, 0.2) is 6.10 Å². The highest BCUT2D eigenvalue weighted by Crippen LogP contribution is 2.02. The van der Waals surface area contributed by atoms with Crippen LogP contribution in [0.2, 0.25) is 0 Å². The molecule has 5 nitrogen and oxygen atoms in total. The number of rotatable bonds is 10. The van der Waals surface area contributed by atoms with E-state index in [1.807, 2.05) is 13.8 Å². The fourth-order valence-electron chi connectivity index (χ4n) is 1.27. The molecular weight excluding hydrogens is 236 g/mol. The molecule has 0 aromatic heterocycles. The van der Waals surface area contributed by atoms with Gasteiger partial charge in [0, 0.05) is 12.8 Å². The first-order chi connectivity index (χ1) is 8.63. The molecule has 1 N–H and O–H groups in total. The molecule has 1 atom stereocenters. The highest BCUT2D eigenvalue weighted by molar-refractivity contribution is 5.70. The quantitative estimate of drug-likeness (QED) is 0.606. The fraction of sp³-hybridized carbons (Fsp3) is 0.846. The molecule has 0 aliphatic carbocycles. The van der Waals surface area contributed by atoms with Crippen molar-refractivity contribution in [3.05, 3.63) is 0 Å². The van der Waals surface area contributed by atoms with E-state index >= 15 is 0 Å². The van der Waals surface area contributed by atoms with Gasteiger partial charge < -0.3 is 14.6 Å². The summed E-state index contributed by atoms with van der Waals surface area (Å²) in [7, 11) is 0. The van der Waals surface area contributed by atoms with Crippen LogP contribution in [0.25, 0.3) is 0 Å². The van der Waals surface area contributed by atoms with Gasteiger partial charge in [-0.25, -0.2) is 0 Å². The predicted octanol–water partition coefficient (Wildman–Crippen LogP) is 1.81. The summed E-state index contributed by atoms with van der Waals surface area (Å²) in [5, 5.41) is 9.02. The van der Waals surface area contributed by atoms with Gasteiger partial charge in [-0.1, -0.05) is 26.7 Å². The molecule has 0 rings (SSSR count). The summed E-state index contributed by atoms with van der Waals surface area (Å²) in [6.45, 7) is 3.56. The van der Waals surface area contributed by atoms with Gasteiger partial charge in [-0.2, -0.15) is 0 Å². The number of ether oxygens (including phenoxy) is 2. The van der Waals surface area contributed by atoms with Gasteiger partial charge in [0.1, 0.15) is 6.61 Å². The first-order valence-electron chi connectivity index (χ1n) is 6.59. The second-order valence-corrected chi connectivity index (χ2v) is 4.18. The molecule has 0 radical (unpaired) electrons. The van der Waals surface area contributed by atoms with E-state index in [4.69, 9.17) is 14.6 Å². The predicted molar refractivity (Wildman–Crippen MR) is 67.0 cm³/mol. The van der Waals surface area contributed by atoms with Crippen molar-refractivity contribution >= 4 is 11.9 Å². The van der Waals surface area contributed by atoms with Crippen molar-refractivity contribution in [3.63, 3.8) is 0 Å². The summed E-state index contributed by atoms with van der Waals surface area (Å²) in [6.07, 6.45) is 3.30. The van der Waals surface area contributed by atoms with Gasteiger partial charge in [-0.15, -0.1) is 0 Å². The van der Waals surface area contributed by atoms with Crippen molar-refractivity contribution in [2.75, 3.05) is 13.2 Å². The zero-order valence-corrected chi connectivity index (χ0v) is 11.3. The van der Waals surface area contributed by atoms with Crippen molar-refractivity contribution in [3.8, 4) is 0 Å². The van der Waals surface area contributed by atoms with Crippen LogP contribution >= 0.6 is 0 Å². The Bertz CT molecular complexity index is 240. The van der Waals surface area contributed by atoms with Crippen LogP contribution < -0.4 is 0 Å². The molecule has 0 saturated carbocycles. The Balaban J connectivity index is 3.82. The molecule has 106 valence electrons. The maximum atomic E-state index is 11.3. The minimum atomic E-state index is -0.750. The maximum absolute atomic E-state index is 11.3. The van der Waals surface area contributed by atoms with E-state index in [0.717, 1.165) is 25.7 Å². The van der Waals surface area contributed by atoms with E-state index in [-0.39, 0.29) is 25.2 Å². The SMILES string of the molecule is CCCCC(=O)OC[C@H](CO)OC(=O)CCCC. The first kappa shape index (κ1) is 16.9. The number of aliphatic hydroxyl groups is 1. The van der Waals surface area contributed by atoms with Crippen molar-refractivity contribution in [1.29, 1.82) is 0 Å². The Morgan fingerprint density at radius 2 is 1.61 bits per heavy atom. The van der Waals surface area contributed by atoms with Gasteiger partial charge in [0.05, 0.1) is 6.61 Å². The number of hydrogen-bond donors (Lipinski definition) is 1. The Labute approximate surface area is 108 Å². The molecule has 0 spiro atoms. The van der Waals surface area contributed by atoms with Crippen molar-refractivity contribution in [1.82, 2.24) is 0 Å². The van der Waals surface area contributed by atoms with Gasteiger partial charge >= 0.3 is 11.9 Å². The van der Waals surface area contributed by atoms with Gasteiger partial charge in [0.2, 0.25) is 0 Å². The lowest BCUT2D eigenvalue weighted by molar-refractivity contribution is -0.161. The third-order valence-electron chi connectivity index (χ3n) is 2.40. The van der Waals surface area contributed by atoms with Crippen molar-refractivity contribution < 1.29 is 24.2 Å². The Kier molecular flexibility index (Phi) is 10.3. The number of carbonyl (C=O) groups is 2. The average Bonchev–Trinajstić information content (AvgIpc) is 2.38. The van der Waals surface area contributed by atoms with Gasteiger partial charge in [0.25, 0.3) is 0 Å². The van der Waals surface area contributed by atoms with Crippen LogP contribution in [0, 0.1) is 0 Å². The molecule has 0 aliphatic rings. The van der Waals surface area contributed by atoms with Crippen LogP contribution in [0.4, 0.5) is 0 Å². The molecular formula is C13H24O5. The Morgan fingerprint density at radius 1 is 1.06 bits per heavy atom. The van der Waals surface area contributed by atoms with E-state index in [1.165, 1.54) is 0 Å².